The number of nitrogens with zero attached hydrogens (tertiary/aromatic N) is 4. The first-order valence-corrected chi connectivity index (χ1v) is 12.9. The molecule has 2 saturated heterocycles. The lowest BCUT2D eigenvalue weighted by Gasteiger charge is -2.35. The minimum absolute atomic E-state index is 0.0396. The van der Waals surface area contributed by atoms with Crippen LogP contribution in [0.15, 0.2) is 36.4 Å². The van der Waals surface area contributed by atoms with E-state index in [1.54, 1.807) is 12.1 Å². The number of carboxylic acids is 1. The fraction of sp³-hybridized carbons (Fsp3) is 0.464. The Morgan fingerprint density at radius 3 is 2.25 bits per heavy atom. The van der Waals surface area contributed by atoms with Gasteiger partial charge in [-0.3, -0.25) is 9.69 Å². The van der Waals surface area contributed by atoms with Gasteiger partial charge in [0.25, 0.3) is 0 Å². The van der Waals surface area contributed by atoms with E-state index in [1.807, 2.05) is 23.1 Å². The second-order valence-corrected chi connectivity index (χ2v) is 10.3. The SMILES string of the molecule is CN1CCN(CC(=O)N2CC3(CCOCC3)c3cc(-c4ccc(F)c(C#N)c4)ccc32)CC1.O=C(O)C(F)(F)F. The molecule has 2 fully saturated rings. The average Bonchev–Trinajstić information content (AvgIpc) is 3.23. The van der Waals surface area contributed by atoms with Crippen LogP contribution in [0.3, 0.4) is 0 Å². The molecule has 0 aromatic heterocycles. The van der Waals surface area contributed by atoms with Crippen LogP contribution in [0, 0.1) is 17.1 Å². The van der Waals surface area contributed by atoms with Crippen LogP contribution in [0.2, 0.25) is 0 Å². The molecule has 3 aliphatic heterocycles. The van der Waals surface area contributed by atoms with E-state index in [9.17, 15) is 27.6 Å². The zero-order valence-corrected chi connectivity index (χ0v) is 22.0. The Bertz CT molecular complexity index is 1300. The van der Waals surface area contributed by atoms with Crippen molar-refractivity contribution in [2.24, 2.45) is 0 Å². The van der Waals surface area contributed by atoms with E-state index >= 15 is 0 Å². The predicted molar refractivity (Wildman–Crippen MR) is 138 cm³/mol. The second kappa shape index (κ2) is 11.9. The first kappa shape index (κ1) is 29.5. The number of carbonyl (C=O) groups is 2. The summed E-state index contributed by atoms with van der Waals surface area (Å²) in [6, 6.07) is 12.7. The highest BCUT2D eigenvalue weighted by Crippen LogP contribution is 2.48. The predicted octanol–water partition coefficient (Wildman–Crippen LogP) is 3.64. The Hall–Kier alpha value is -3.53. The van der Waals surface area contributed by atoms with Gasteiger partial charge in [0.05, 0.1) is 12.1 Å². The minimum atomic E-state index is -5.08. The molecule has 0 radical (unpaired) electrons. The zero-order chi connectivity index (χ0) is 29.1. The lowest BCUT2D eigenvalue weighted by atomic mass is 9.75. The summed E-state index contributed by atoms with van der Waals surface area (Å²) in [4.78, 5) is 28.8. The Balaban J connectivity index is 0.000000470. The molecule has 0 atom stereocenters. The van der Waals surface area contributed by atoms with Crippen LogP contribution in [0.1, 0.15) is 24.0 Å². The van der Waals surface area contributed by atoms with Crippen molar-refractivity contribution in [2.45, 2.75) is 24.4 Å². The van der Waals surface area contributed by atoms with Gasteiger partial charge in [0.2, 0.25) is 5.91 Å². The third-order valence-electron chi connectivity index (χ3n) is 7.69. The van der Waals surface area contributed by atoms with Gasteiger partial charge >= 0.3 is 12.1 Å². The maximum Gasteiger partial charge on any atom is 0.490 e. The van der Waals surface area contributed by atoms with Crippen LogP contribution in [-0.4, -0.2) is 92.5 Å². The number of carboxylic acid groups (broad SMARTS) is 1. The molecule has 2 aromatic carbocycles. The first-order valence-electron chi connectivity index (χ1n) is 12.9. The van der Waals surface area contributed by atoms with Crippen molar-refractivity contribution >= 4 is 17.6 Å². The van der Waals surface area contributed by atoms with Crippen molar-refractivity contribution in [1.82, 2.24) is 9.80 Å². The van der Waals surface area contributed by atoms with Gasteiger partial charge in [-0.05, 0) is 60.8 Å². The summed E-state index contributed by atoms with van der Waals surface area (Å²) in [5.41, 5.74) is 3.79. The van der Waals surface area contributed by atoms with Gasteiger partial charge in [-0.25, -0.2) is 9.18 Å². The molecule has 1 spiro atoms. The topological polar surface area (TPSA) is 97.1 Å². The van der Waals surface area contributed by atoms with Crippen LogP contribution in [0.4, 0.5) is 23.2 Å². The lowest BCUT2D eigenvalue weighted by molar-refractivity contribution is -0.192. The number of alkyl halides is 3. The number of amides is 1. The van der Waals surface area contributed by atoms with E-state index in [-0.39, 0.29) is 16.9 Å². The minimum Gasteiger partial charge on any atom is -0.475 e. The molecule has 2 aromatic rings. The fourth-order valence-electron chi connectivity index (χ4n) is 5.33. The van der Waals surface area contributed by atoms with Gasteiger partial charge in [-0.2, -0.15) is 18.4 Å². The van der Waals surface area contributed by atoms with Crippen molar-refractivity contribution in [3.05, 3.63) is 53.3 Å². The number of anilines is 1. The molecule has 0 saturated carbocycles. The third-order valence-corrected chi connectivity index (χ3v) is 7.69. The van der Waals surface area contributed by atoms with E-state index in [2.05, 4.69) is 22.9 Å². The summed E-state index contributed by atoms with van der Waals surface area (Å²) >= 11 is 0. The number of aliphatic carboxylic acids is 1. The summed E-state index contributed by atoms with van der Waals surface area (Å²) in [6.07, 6.45) is -3.34. The summed E-state index contributed by atoms with van der Waals surface area (Å²) in [5.74, 6) is -3.12. The molecule has 3 heterocycles. The van der Waals surface area contributed by atoms with Crippen molar-refractivity contribution < 1.29 is 37.0 Å². The van der Waals surface area contributed by atoms with Crippen LogP contribution in [0.25, 0.3) is 11.1 Å². The smallest absolute Gasteiger partial charge is 0.475 e. The fourth-order valence-corrected chi connectivity index (χ4v) is 5.33. The molecule has 40 heavy (non-hydrogen) atoms. The number of hydrogen-bond donors (Lipinski definition) is 1. The molecule has 214 valence electrons. The van der Waals surface area contributed by atoms with Gasteiger partial charge in [-0.1, -0.05) is 12.1 Å². The van der Waals surface area contributed by atoms with E-state index < -0.39 is 18.0 Å². The van der Waals surface area contributed by atoms with E-state index in [1.165, 1.54) is 6.07 Å². The third kappa shape index (κ3) is 6.43. The average molecular weight is 563 g/mol. The van der Waals surface area contributed by atoms with E-state index in [0.717, 1.165) is 61.4 Å². The number of piperazine rings is 1. The van der Waals surface area contributed by atoms with Crippen molar-refractivity contribution in [1.29, 1.82) is 5.26 Å². The molecule has 1 N–H and O–H groups in total. The van der Waals surface area contributed by atoms with Gasteiger partial charge in [0.1, 0.15) is 11.9 Å². The molecule has 0 bridgehead atoms. The Labute approximate surface area is 229 Å². The summed E-state index contributed by atoms with van der Waals surface area (Å²) in [7, 11) is 2.11. The van der Waals surface area contributed by atoms with Crippen LogP contribution >= 0.6 is 0 Å². The quantitative estimate of drug-likeness (QED) is 0.571. The Morgan fingerprint density at radius 2 is 1.65 bits per heavy atom. The maximum atomic E-state index is 13.9. The van der Waals surface area contributed by atoms with Gasteiger partial charge in [0, 0.05) is 57.0 Å². The molecule has 8 nitrogen and oxygen atoms in total. The summed E-state index contributed by atoms with van der Waals surface area (Å²) < 4.78 is 51.3. The number of benzene rings is 2. The highest BCUT2D eigenvalue weighted by molar-refractivity contribution is 5.98. The lowest BCUT2D eigenvalue weighted by Crippen LogP contribution is -2.49. The number of nitriles is 1. The largest absolute Gasteiger partial charge is 0.490 e. The zero-order valence-electron chi connectivity index (χ0n) is 22.0. The molecule has 0 unspecified atom stereocenters. The number of hydrogen-bond acceptors (Lipinski definition) is 6. The molecular weight excluding hydrogens is 532 g/mol. The van der Waals surface area contributed by atoms with Gasteiger partial charge in [0.15, 0.2) is 0 Å². The monoisotopic (exact) mass is 562 g/mol. The van der Waals surface area contributed by atoms with Crippen LogP contribution in [0.5, 0.6) is 0 Å². The number of ether oxygens (including phenoxy) is 1. The van der Waals surface area contributed by atoms with Crippen LogP contribution in [-0.2, 0) is 19.7 Å². The molecular formula is C28H30F4N4O4. The number of rotatable bonds is 3. The summed E-state index contributed by atoms with van der Waals surface area (Å²) in [5, 5.41) is 16.4. The maximum absolute atomic E-state index is 13.9. The summed E-state index contributed by atoms with van der Waals surface area (Å²) in [6.45, 7) is 6.26. The van der Waals surface area contributed by atoms with E-state index in [0.29, 0.717) is 26.3 Å². The standard InChI is InChI=1S/C26H29FN4O2.C2HF3O2/c1-29-8-10-30(11-9-29)17-25(32)31-18-26(6-12-33-13-7-26)22-15-20(3-5-24(22)31)19-2-4-23(27)21(14-19)16-28;3-2(4,5)1(6)7/h2-5,14-15H,6-13,17-18H2,1H3;(H,6,7). The van der Waals surface area contributed by atoms with Gasteiger partial charge < -0.3 is 19.6 Å². The Morgan fingerprint density at radius 1 is 1.05 bits per heavy atom. The van der Waals surface area contributed by atoms with Crippen molar-refractivity contribution in [3.63, 3.8) is 0 Å². The van der Waals surface area contributed by atoms with Crippen LogP contribution < -0.4 is 4.90 Å². The molecule has 0 aliphatic carbocycles. The highest BCUT2D eigenvalue weighted by Gasteiger charge is 2.46. The van der Waals surface area contributed by atoms with Crippen molar-refractivity contribution in [2.75, 3.05) is 64.4 Å². The number of fused-ring (bicyclic) bond motifs is 2. The molecule has 1 amide bonds. The molecule has 5 rings (SSSR count). The number of carbonyl (C=O) groups excluding carboxylic acids is 1. The normalized spacial score (nSPS) is 18.9. The first-order chi connectivity index (χ1) is 18.9. The van der Waals surface area contributed by atoms with Crippen molar-refractivity contribution in [3.8, 4) is 17.2 Å². The second-order valence-electron chi connectivity index (χ2n) is 10.3. The number of halogens is 4. The van der Waals surface area contributed by atoms with E-state index in [4.69, 9.17) is 14.6 Å². The Kier molecular flexibility index (Phi) is 8.77. The molecule has 3 aliphatic rings. The van der Waals surface area contributed by atoms with Gasteiger partial charge in [-0.15, -0.1) is 0 Å². The molecule has 12 heteroatoms. The highest BCUT2D eigenvalue weighted by atomic mass is 19.4. The number of likely N-dealkylation sites (N-methyl/N-ethyl adjacent to an activating group) is 1.